The molecule has 1 heterocycles. The molecular weight excluding hydrogens is 216 g/mol. The van der Waals surface area contributed by atoms with Crippen LogP contribution in [0.15, 0.2) is 30.4 Å². The first-order chi connectivity index (χ1) is 8.08. The summed E-state index contributed by atoms with van der Waals surface area (Å²) >= 11 is 0. The average molecular weight is 232 g/mol. The van der Waals surface area contributed by atoms with E-state index in [0.29, 0.717) is 13.2 Å². The second-order valence-corrected chi connectivity index (χ2v) is 4.27. The maximum Gasteiger partial charge on any atom is 0.319 e. The summed E-state index contributed by atoms with van der Waals surface area (Å²) in [7, 11) is 0. The van der Waals surface area contributed by atoms with Crippen LogP contribution in [0.2, 0.25) is 0 Å². The summed E-state index contributed by atoms with van der Waals surface area (Å²) in [6.07, 6.45) is 0.923. The van der Waals surface area contributed by atoms with Crippen molar-refractivity contribution in [3.63, 3.8) is 0 Å². The van der Waals surface area contributed by atoms with E-state index < -0.39 is 6.03 Å². The number of rotatable bonds is 3. The fourth-order valence-corrected chi connectivity index (χ4v) is 1.89. The van der Waals surface area contributed by atoms with Gasteiger partial charge in [-0.1, -0.05) is 18.2 Å². The molecule has 0 radical (unpaired) electrons. The van der Waals surface area contributed by atoms with E-state index in [-0.39, 0.29) is 0 Å². The highest BCUT2D eigenvalue weighted by Gasteiger charge is 2.17. The molecule has 90 valence electrons. The number of ether oxygens (including phenoxy) is 1. The van der Waals surface area contributed by atoms with Crippen LogP contribution in [-0.4, -0.2) is 19.2 Å². The van der Waals surface area contributed by atoms with Crippen molar-refractivity contribution in [2.24, 2.45) is 5.73 Å². The maximum atomic E-state index is 11.4. The van der Waals surface area contributed by atoms with Gasteiger partial charge < -0.3 is 10.5 Å². The number of urea groups is 1. The number of anilines is 1. The minimum absolute atomic E-state index is 0.425. The lowest BCUT2D eigenvalue weighted by Gasteiger charge is -2.21. The van der Waals surface area contributed by atoms with Crippen LogP contribution in [-0.2, 0) is 6.42 Å². The Labute approximate surface area is 101 Å². The third kappa shape index (κ3) is 2.41. The largest absolute Gasteiger partial charge is 0.493 e. The molecule has 0 spiro atoms. The van der Waals surface area contributed by atoms with E-state index in [1.165, 1.54) is 10.5 Å². The van der Waals surface area contributed by atoms with Crippen LogP contribution in [0.3, 0.4) is 0 Å². The number of carbonyl (C=O) groups is 1. The number of nitrogens with two attached hydrogens (primary N) is 1. The normalized spacial score (nSPS) is 12.8. The molecule has 0 atom stereocenters. The summed E-state index contributed by atoms with van der Waals surface area (Å²) in [5.41, 5.74) is 8.17. The number of amides is 2. The average Bonchev–Trinajstić information content (AvgIpc) is 2.72. The zero-order valence-electron chi connectivity index (χ0n) is 9.90. The Bertz CT molecular complexity index is 468. The lowest BCUT2D eigenvalue weighted by molar-refractivity contribution is 0.254. The molecule has 2 N–H and O–H groups in total. The van der Waals surface area contributed by atoms with Gasteiger partial charge in [0, 0.05) is 24.7 Å². The Morgan fingerprint density at radius 1 is 1.59 bits per heavy atom. The third-order valence-corrected chi connectivity index (χ3v) is 2.69. The molecule has 0 aliphatic carbocycles. The Balaban J connectivity index is 2.30. The number of benzene rings is 1. The summed E-state index contributed by atoms with van der Waals surface area (Å²) in [6.45, 7) is 6.78. The quantitative estimate of drug-likeness (QED) is 0.811. The Kier molecular flexibility index (Phi) is 3.04. The van der Waals surface area contributed by atoms with E-state index in [2.05, 4.69) is 6.58 Å². The monoisotopic (exact) mass is 232 g/mol. The van der Waals surface area contributed by atoms with Crippen LogP contribution in [0, 0.1) is 0 Å². The number of carbonyl (C=O) groups excluding carboxylic acids is 1. The van der Waals surface area contributed by atoms with Crippen molar-refractivity contribution < 1.29 is 9.53 Å². The SMILES string of the molecule is C=C(C)CN(C(N)=O)c1ccc2c(c1)OCC2. The Morgan fingerprint density at radius 3 is 3.00 bits per heavy atom. The van der Waals surface area contributed by atoms with Gasteiger partial charge >= 0.3 is 6.03 Å². The van der Waals surface area contributed by atoms with Gasteiger partial charge in [-0.2, -0.15) is 0 Å². The lowest BCUT2D eigenvalue weighted by Crippen LogP contribution is -2.36. The summed E-state index contributed by atoms with van der Waals surface area (Å²) in [4.78, 5) is 12.9. The molecule has 0 aromatic heterocycles. The van der Waals surface area contributed by atoms with Crippen molar-refractivity contribution >= 4 is 11.7 Å². The summed E-state index contributed by atoms with van der Waals surface area (Å²) < 4.78 is 5.47. The van der Waals surface area contributed by atoms with Crippen LogP contribution < -0.4 is 15.4 Å². The van der Waals surface area contributed by atoms with Gasteiger partial charge in [-0.05, 0) is 18.6 Å². The molecule has 2 amide bonds. The van der Waals surface area contributed by atoms with E-state index in [4.69, 9.17) is 10.5 Å². The molecule has 0 unspecified atom stereocenters. The predicted molar refractivity (Wildman–Crippen MR) is 67.4 cm³/mol. The number of primary amides is 1. The third-order valence-electron chi connectivity index (χ3n) is 2.69. The molecule has 1 aromatic carbocycles. The molecule has 0 saturated heterocycles. The first-order valence-corrected chi connectivity index (χ1v) is 5.55. The van der Waals surface area contributed by atoms with Crippen molar-refractivity contribution in [1.29, 1.82) is 0 Å². The van der Waals surface area contributed by atoms with E-state index in [0.717, 1.165) is 23.4 Å². The molecule has 4 heteroatoms. The van der Waals surface area contributed by atoms with Gasteiger partial charge in [0.15, 0.2) is 0 Å². The van der Waals surface area contributed by atoms with Crippen molar-refractivity contribution in [1.82, 2.24) is 0 Å². The number of fused-ring (bicyclic) bond motifs is 1. The van der Waals surface area contributed by atoms with E-state index in [9.17, 15) is 4.79 Å². The van der Waals surface area contributed by atoms with Gasteiger partial charge in [-0.3, -0.25) is 4.90 Å². The molecule has 4 nitrogen and oxygen atoms in total. The topological polar surface area (TPSA) is 55.6 Å². The van der Waals surface area contributed by atoms with Gasteiger partial charge in [0.2, 0.25) is 0 Å². The van der Waals surface area contributed by atoms with Crippen LogP contribution in [0.1, 0.15) is 12.5 Å². The van der Waals surface area contributed by atoms with Crippen molar-refractivity contribution in [3.8, 4) is 5.75 Å². The lowest BCUT2D eigenvalue weighted by atomic mass is 10.1. The fraction of sp³-hybridized carbons (Fsp3) is 0.308. The second-order valence-electron chi connectivity index (χ2n) is 4.27. The summed E-state index contributed by atoms with van der Waals surface area (Å²) in [5.74, 6) is 0.843. The fourth-order valence-electron chi connectivity index (χ4n) is 1.89. The number of nitrogens with zero attached hydrogens (tertiary/aromatic N) is 1. The first-order valence-electron chi connectivity index (χ1n) is 5.55. The number of hydrogen-bond acceptors (Lipinski definition) is 2. The van der Waals surface area contributed by atoms with Crippen molar-refractivity contribution in [3.05, 3.63) is 35.9 Å². The van der Waals surface area contributed by atoms with E-state index >= 15 is 0 Å². The van der Waals surface area contributed by atoms with Gasteiger partial charge in [0.05, 0.1) is 6.61 Å². The highest BCUT2D eigenvalue weighted by atomic mass is 16.5. The van der Waals surface area contributed by atoms with Crippen LogP contribution in [0.4, 0.5) is 10.5 Å². The molecule has 1 aromatic rings. The molecule has 0 bridgehead atoms. The summed E-state index contributed by atoms with van der Waals surface area (Å²) in [5, 5.41) is 0. The molecular formula is C13H16N2O2. The smallest absolute Gasteiger partial charge is 0.319 e. The highest BCUT2D eigenvalue weighted by molar-refractivity contribution is 5.91. The minimum atomic E-state index is -0.481. The standard InChI is InChI=1S/C13H16N2O2/c1-9(2)8-15(13(14)16)11-4-3-10-5-6-17-12(10)7-11/h3-4,7H,1,5-6,8H2,2H3,(H2,14,16). The summed E-state index contributed by atoms with van der Waals surface area (Å²) in [6, 6.07) is 5.24. The van der Waals surface area contributed by atoms with Crippen molar-refractivity contribution in [2.75, 3.05) is 18.1 Å². The molecule has 1 aliphatic rings. The van der Waals surface area contributed by atoms with Gasteiger partial charge in [-0.15, -0.1) is 0 Å². The van der Waals surface area contributed by atoms with Crippen molar-refractivity contribution in [2.45, 2.75) is 13.3 Å². The van der Waals surface area contributed by atoms with Gasteiger partial charge in [0.1, 0.15) is 5.75 Å². The molecule has 1 aliphatic heterocycles. The van der Waals surface area contributed by atoms with Gasteiger partial charge in [0.25, 0.3) is 0 Å². The highest BCUT2D eigenvalue weighted by Crippen LogP contribution is 2.30. The van der Waals surface area contributed by atoms with Crippen LogP contribution >= 0.6 is 0 Å². The predicted octanol–water partition coefficient (Wildman–Crippen LogP) is 2.08. The Hall–Kier alpha value is -1.97. The van der Waals surface area contributed by atoms with E-state index in [1.807, 2.05) is 25.1 Å². The Morgan fingerprint density at radius 2 is 2.35 bits per heavy atom. The molecule has 0 saturated carbocycles. The molecule has 17 heavy (non-hydrogen) atoms. The number of hydrogen-bond donors (Lipinski definition) is 1. The zero-order valence-corrected chi connectivity index (χ0v) is 9.90. The zero-order chi connectivity index (χ0) is 12.4. The van der Waals surface area contributed by atoms with E-state index in [1.54, 1.807) is 0 Å². The minimum Gasteiger partial charge on any atom is -0.493 e. The first kappa shape index (κ1) is 11.5. The molecule has 0 fully saturated rings. The van der Waals surface area contributed by atoms with Crippen LogP contribution in [0.5, 0.6) is 5.75 Å². The molecule has 2 rings (SSSR count). The van der Waals surface area contributed by atoms with Crippen LogP contribution in [0.25, 0.3) is 0 Å². The van der Waals surface area contributed by atoms with Gasteiger partial charge in [-0.25, -0.2) is 4.79 Å². The second kappa shape index (κ2) is 4.49. The maximum absolute atomic E-state index is 11.4.